The topological polar surface area (TPSA) is 55.4 Å². The summed E-state index contributed by atoms with van der Waals surface area (Å²) in [5.41, 5.74) is 0. The molecule has 1 fully saturated rings. The molecule has 5 heteroatoms. The van der Waals surface area contributed by atoms with Crippen molar-refractivity contribution in [1.82, 2.24) is 5.32 Å². The lowest BCUT2D eigenvalue weighted by atomic mass is 10.1. The summed E-state index contributed by atoms with van der Waals surface area (Å²) in [5, 5.41) is 2.88. The number of ether oxygens (including phenoxy) is 1. The van der Waals surface area contributed by atoms with E-state index in [2.05, 4.69) is 12.2 Å². The van der Waals surface area contributed by atoms with Gasteiger partial charge in [0.05, 0.1) is 17.1 Å². The fraction of sp³-hybridized carbons (Fsp3) is 1.00. The summed E-state index contributed by atoms with van der Waals surface area (Å²) >= 11 is 0. The first-order valence-electron chi connectivity index (χ1n) is 6.48. The van der Waals surface area contributed by atoms with E-state index in [0.29, 0.717) is 24.8 Å². The van der Waals surface area contributed by atoms with Gasteiger partial charge in [-0.3, -0.25) is 0 Å². The maximum atomic E-state index is 12.1. The summed E-state index contributed by atoms with van der Waals surface area (Å²) in [6, 6.07) is 0.464. The van der Waals surface area contributed by atoms with Crippen LogP contribution in [0.4, 0.5) is 0 Å². The van der Waals surface area contributed by atoms with Crippen LogP contribution >= 0.6 is 0 Å². The van der Waals surface area contributed by atoms with Crippen LogP contribution in [0.3, 0.4) is 0 Å². The van der Waals surface area contributed by atoms with Crippen LogP contribution in [0.2, 0.25) is 0 Å². The Kier molecular flexibility index (Phi) is 5.89. The van der Waals surface area contributed by atoms with Crippen LogP contribution in [0, 0.1) is 0 Å². The van der Waals surface area contributed by atoms with Crippen LogP contribution in [0.1, 0.15) is 39.5 Å². The Morgan fingerprint density at radius 1 is 1.41 bits per heavy atom. The van der Waals surface area contributed by atoms with Gasteiger partial charge in [0, 0.05) is 12.6 Å². The van der Waals surface area contributed by atoms with Crippen LogP contribution in [-0.2, 0) is 14.6 Å². The largest absolute Gasteiger partial charge is 0.377 e. The van der Waals surface area contributed by atoms with Gasteiger partial charge in [-0.25, -0.2) is 8.42 Å². The summed E-state index contributed by atoms with van der Waals surface area (Å²) in [6.45, 7) is 4.56. The zero-order chi connectivity index (χ0) is 12.9. The monoisotopic (exact) mass is 263 g/mol. The molecule has 4 nitrogen and oxygen atoms in total. The van der Waals surface area contributed by atoms with Crippen molar-refractivity contribution in [2.75, 3.05) is 19.4 Å². The third-order valence-electron chi connectivity index (χ3n) is 3.58. The molecule has 3 atom stereocenters. The van der Waals surface area contributed by atoms with Gasteiger partial charge >= 0.3 is 0 Å². The number of rotatable bonds is 7. The molecule has 0 spiro atoms. The van der Waals surface area contributed by atoms with Crippen molar-refractivity contribution in [2.45, 2.75) is 56.9 Å². The van der Waals surface area contributed by atoms with Gasteiger partial charge in [0.1, 0.15) is 0 Å². The van der Waals surface area contributed by atoms with Gasteiger partial charge in [-0.1, -0.05) is 6.42 Å². The van der Waals surface area contributed by atoms with Gasteiger partial charge in [-0.2, -0.15) is 0 Å². The maximum Gasteiger partial charge on any atom is 0.155 e. The standard InChI is InChI=1S/C12H25NO3S/c1-10(13-3)6-4-5-9-17(14,15)12-7-8-16-11(12)2/h10-13H,4-9H2,1-3H3. The number of hydrogen-bond donors (Lipinski definition) is 1. The van der Waals surface area contributed by atoms with Gasteiger partial charge in [-0.15, -0.1) is 0 Å². The highest BCUT2D eigenvalue weighted by atomic mass is 32.2. The van der Waals surface area contributed by atoms with Crippen molar-refractivity contribution in [1.29, 1.82) is 0 Å². The molecule has 0 amide bonds. The molecule has 1 rings (SSSR count). The van der Waals surface area contributed by atoms with Crippen molar-refractivity contribution >= 4 is 9.84 Å². The van der Waals surface area contributed by atoms with E-state index in [9.17, 15) is 8.42 Å². The maximum absolute atomic E-state index is 12.1. The van der Waals surface area contributed by atoms with Gasteiger partial charge in [-0.05, 0) is 40.2 Å². The smallest absolute Gasteiger partial charge is 0.155 e. The van der Waals surface area contributed by atoms with Crippen LogP contribution < -0.4 is 5.32 Å². The molecule has 3 unspecified atom stereocenters. The second-order valence-corrected chi connectivity index (χ2v) is 7.29. The lowest BCUT2D eigenvalue weighted by Gasteiger charge is -2.15. The predicted molar refractivity (Wildman–Crippen MR) is 70.0 cm³/mol. The van der Waals surface area contributed by atoms with Crippen molar-refractivity contribution in [2.24, 2.45) is 0 Å². The van der Waals surface area contributed by atoms with Crippen LogP contribution in [-0.4, -0.2) is 45.2 Å². The normalized spacial score (nSPS) is 27.2. The third-order valence-corrected chi connectivity index (χ3v) is 5.98. The van der Waals surface area contributed by atoms with Crippen molar-refractivity contribution in [3.05, 3.63) is 0 Å². The molecule has 1 heterocycles. The number of nitrogens with one attached hydrogen (secondary N) is 1. The second kappa shape index (κ2) is 6.71. The minimum absolute atomic E-state index is 0.128. The predicted octanol–water partition coefficient (Wildman–Crippen LogP) is 1.36. The Morgan fingerprint density at radius 3 is 2.65 bits per heavy atom. The highest BCUT2D eigenvalue weighted by molar-refractivity contribution is 7.92. The quantitative estimate of drug-likeness (QED) is 0.705. The van der Waals surface area contributed by atoms with Crippen LogP contribution in [0.5, 0.6) is 0 Å². The second-order valence-electron chi connectivity index (χ2n) is 4.96. The molecular formula is C12H25NO3S. The summed E-state index contributed by atoms with van der Waals surface area (Å²) in [7, 11) is -1.03. The minimum Gasteiger partial charge on any atom is -0.377 e. The molecule has 0 aromatic rings. The average Bonchev–Trinajstić information content (AvgIpc) is 2.71. The van der Waals surface area contributed by atoms with Crippen molar-refractivity contribution in [3.63, 3.8) is 0 Å². The van der Waals surface area contributed by atoms with E-state index in [1.165, 1.54) is 0 Å². The van der Waals surface area contributed by atoms with E-state index in [0.717, 1.165) is 19.3 Å². The van der Waals surface area contributed by atoms with Crippen molar-refractivity contribution in [3.8, 4) is 0 Å². The fourth-order valence-electron chi connectivity index (χ4n) is 2.23. The van der Waals surface area contributed by atoms with Gasteiger partial charge in [0.25, 0.3) is 0 Å². The first-order chi connectivity index (χ1) is 7.97. The molecule has 17 heavy (non-hydrogen) atoms. The fourth-order valence-corrected chi connectivity index (χ4v) is 4.26. The molecule has 1 aliphatic rings. The summed E-state index contributed by atoms with van der Waals surface area (Å²) in [6.07, 6.45) is 3.29. The molecule has 0 aromatic heterocycles. The molecular weight excluding hydrogens is 238 g/mol. The molecule has 0 saturated carbocycles. The molecule has 0 aromatic carbocycles. The van der Waals surface area contributed by atoms with Crippen LogP contribution in [0.25, 0.3) is 0 Å². The molecule has 1 aliphatic heterocycles. The number of unbranched alkanes of at least 4 members (excludes halogenated alkanes) is 1. The van der Waals surface area contributed by atoms with Gasteiger partial charge in [0.2, 0.25) is 0 Å². The summed E-state index contributed by atoms with van der Waals surface area (Å²) < 4.78 is 29.4. The first kappa shape index (κ1) is 14.9. The third kappa shape index (κ3) is 4.56. The Hall–Kier alpha value is -0.130. The van der Waals surface area contributed by atoms with E-state index >= 15 is 0 Å². The Bertz CT molecular complexity index is 316. The Labute approximate surface area is 105 Å². The molecule has 0 bridgehead atoms. The number of hydrogen-bond acceptors (Lipinski definition) is 4. The van der Waals surface area contributed by atoms with E-state index in [4.69, 9.17) is 4.74 Å². The molecule has 0 aliphatic carbocycles. The Morgan fingerprint density at radius 2 is 2.12 bits per heavy atom. The lowest BCUT2D eigenvalue weighted by Crippen LogP contribution is -2.30. The molecule has 0 radical (unpaired) electrons. The first-order valence-corrected chi connectivity index (χ1v) is 8.19. The van der Waals surface area contributed by atoms with Crippen LogP contribution in [0.15, 0.2) is 0 Å². The van der Waals surface area contributed by atoms with Gasteiger partial charge in [0.15, 0.2) is 9.84 Å². The Balaban J connectivity index is 2.30. The van der Waals surface area contributed by atoms with E-state index in [1.807, 2.05) is 14.0 Å². The molecule has 102 valence electrons. The summed E-state index contributed by atoms with van der Waals surface area (Å²) in [5.74, 6) is 0.307. The zero-order valence-corrected chi connectivity index (χ0v) is 11.9. The zero-order valence-electron chi connectivity index (χ0n) is 11.1. The highest BCUT2D eigenvalue weighted by Crippen LogP contribution is 2.22. The van der Waals surface area contributed by atoms with Crippen molar-refractivity contribution < 1.29 is 13.2 Å². The molecule has 1 N–H and O–H groups in total. The van der Waals surface area contributed by atoms with E-state index in [1.54, 1.807) is 0 Å². The summed E-state index contributed by atoms with van der Waals surface area (Å²) in [4.78, 5) is 0. The van der Waals surface area contributed by atoms with E-state index < -0.39 is 9.84 Å². The number of sulfone groups is 1. The highest BCUT2D eigenvalue weighted by Gasteiger charge is 2.34. The van der Waals surface area contributed by atoms with Gasteiger partial charge < -0.3 is 10.1 Å². The average molecular weight is 263 g/mol. The lowest BCUT2D eigenvalue weighted by molar-refractivity contribution is 0.126. The van der Waals surface area contributed by atoms with E-state index in [-0.39, 0.29) is 11.4 Å². The SMILES string of the molecule is CNC(C)CCCCS(=O)(=O)C1CCOC1C. The molecule has 1 saturated heterocycles. The minimum atomic E-state index is -2.96.